The zero-order valence-electron chi connectivity index (χ0n) is 10.4. The minimum Gasteiger partial charge on any atom is -0.384 e. The molecule has 1 aliphatic carbocycles. The van der Waals surface area contributed by atoms with E-state index in [9.17, 15) is 5.11 Å². The molecule has 90 valence electrons. The van der Waals surface area contributed by atoms with E-state index in [1.165, 1.54) is 11.5 Å². The van der Waals surface area contributed by atoms with Crippen LogP contribution in [0.2, 0.25) is 0 Å². The monoisotopic (exact) mass is 240 g/mol. The molecule has 0 aromatic carbocycles. The Morgan fingerprint density at radius 2 is 2.19 bits per heavy atom. The molecule has 4 heteroatoms. The van der Waals surface area contributed by atoms with Crippen LogP contribution in [0.1, 0.15) is 57.5 Å². The normalized spacial score (nSPS) is 29.4. The summed E-state index contributed by atoms with van der Waals surface area (Å²) in [5.41, 5.74) is 0.322. The third kappa shape index (κ3) is 1.89. The molecule has 16 heavy (non-hydrogen) atoms. The molecule has 0 amide bonds. The van der Waals surface area contributed by atoms with Crippen molar-refractivity contribution in [2.45, 2.75) is 58.0 Å². The second-order valence-corrected chi connectivity index (χ2v) is 6.57. The summed E-state index contributed by atoms with van der Waals surface area (Å²) in [5, 5.41) is 14.8. The molecule has 1 heterocycles. The first-order chi connectivity index (χ1) is 7.39. The van der Waals surface area contributed by atoms with Gasteiger partial charge in [-0.3, -0.25) is 0 Å². The highest BCUT2D eigenvalue weighted by Crippen LogP contribution is 2.56. The van der Waals surface area contributed by atoms with Crippen molar-refractivity contribution in [3.8, 4) is 0 Å². The van der Waals surface area contributed by atoms with Gasteiger partial charge in [0.2, 0.25) is 0 Å². The maximum Gasteiger partial charge on any atom is 0.106 e. The average Bonchev–Trinajstić information content (AvgIpc) is 2.67. The van der Waals surface area contributed by atoms with E-state index in [1.807, 2.05) is 0 Å². The Morgan fingerprint density at radius 3 is 2.75 bits per heavy atom. The smallest absolute Gasteiger partial charge is 0.106 e. The van der Waals surface area contributed by atoms with Gasteiger partial charge in [-0.25, -0.2) is 0 Å². The molecule has 1 fully saturated rings. The SMILES string of the molecule is CCCC1CC1(O)c1snnc1C(C)(C)C. The maximum absolute atomic E-state index is 10.6. The van der Waals surface area contributed by atoms with Crippen LogP contribution in [0.25, 0.3) is 0 Å². The Bertz CT molecular complexity index is 383. The lowest BCUT2D eigenvalue weighted by Crippen LogP contribution is -2.19. The number of nitrogens with zero attached hydrogens (tertiary/aromatic N) is 2. The molecule has 0 spiro atoms. The van der Waals surface area contributed by atoms with Crippen molar-refractivity contribution in [2.75, 3.05) is 0 Å². The van der Waals surface area contributed by atoms with E-state index in [-0.39, 0.29) is 5.41 Å². The summed E-state index contributed by atoms with van der Waals surface area (Å²) < 4.78 is 4.02. The first kappa shape index (κ1) is 12.0. The van der Waals surface area contributed by atoms with Crippen molar-refractivity contribution in [1.29, 1.82) is 0 Å². The molecule has 1 aliphatic rings. The van der Waals surface area contributed by atoms with E-state index in [0.29, 0.717) is 5.92 Å². The van der Waals surface area contributed by atoms with Crippen molar-refractivity contribution >= 4 is 11.5 Å². The molecule has 1 saturated carbocycles. The molecule has 3 nitrogen and oxygen atoms in total. The highest BCUT2D eigenvalue weighted by Gasteiger charge is 2.56. The number of aromatic nitrogens is 2. The third-order valence-electron chi connectivity index (χ3n) is 3.30. The van der Waals surface area contributed by atoms with E-state index >= 15 is 0 Å². The van der Waals surface area contributed by atoms with Crippen LogP contribution < -0.4 is 0 Å². The maximum atomic E-state index is 10.6. The van der Waals surface area contributed by atoms with Gasteiger partial charge in [-0.15, -0.1) is 5.10 Å². The van der Waals surface area contributed by atoms with Gasteiger partial charge in [0, 0.05) is 5.41 Å². The Morgan fingerprint density at radius 1 is 1.50 bits per heavy atom. The summed E-state index contributed by atoms with van der Waals surface area (Å²) in [6.45, 7) is 8.52. The van der Waals surface area contributed by atoms with Gasteiger partial charge in [0.25, 0.3) is 0 Å². The molecule has 0 saturated heterocycles. The molecule has 1 aromatic heterocycles. The third-order valence-corrected chi connectivity index (χ3v) is 4.19. The lowest BCUT2D eigenvalue weighted by atomic mass is 9.89. The zero-order chi connectivity index (χ0) is 12.0. The molecule has 0 aliphatic heterocycles. The van der Waals surface area contributed by atoms with Crippen LogP contribution >= 0.6 is 11.5 Å². The summed E-state index contributed by atoms with van der Waals surface area (Å²) in [6, 6.07) is 0. The topological polar surface area (TPSA) is 46.0 Å². The fraction of sp³-hybridized carbons (Fsp3) is 0.833. The van der Waals surface area contributed by atoms with E-state index in [1.54, 1.807) is 0 Å². The van der Waals surface area contributed by atoms with Gasteiger partial charge in [-0.05, 0) is 30.3 Å². The number of rotatable bonds is 3. The predicted molar refractivity (Wildman–Crippen MR) is 65.5 cm³/mol. The van der Waals surface area contributed by atoms with E-state index in [0.717, 1.165) is 29.8 Å². The number of aliphatic hydroxyl groups is 1. The second-order valence-electron chi connectivity index (χ2n) is 5.81. The van der Waals surface area contributed by atoms with Crippen LogP contribution in [-0.2, 0) is 11.0 Å². The minimum atomic E-state index is -0.618. The van der Waals surface area contributed by atoms with Crippen LogP contribution in [-0.4, -0.2) is 14.7 Å². The van der Waals surface area contributed by atoms with Crippen molar-refractivity contribution in [2.24, 2.45) is 5.92 Å². The first-order valence-corrected chi connectivity index (χ1v) is 6.72. The zero-order valence-corrected chi connectivity index (χ0v) is 11.3. The number of hydrogen-bond acceptors (Lipinski definition) is 4. The van der Waals surface area contributed by atoms with Gasteiger partial charge in [-0.2, -0.15) is 0 Å². The van der Waals surface area contributed by atoms with E-state index < -0.39 is 5.60 Å². The standard InChI is InChI=1S/C12H20N2OS/c1-5-6-8-7-12(8,15)10-9(11(2,3)4)13-14-16-10/h8,15H,5-7H2,1-4H3. The molecular weight excluding hydrogens is 220 g/mol. The van der Waals surface area contributed by atoms with Crippen LogP contribution in [0.5, 0.6) is 0 Å². The summed E-state index contributed by atoms with van der Waals surface area (Å²) in [4.78, 5) is 0.999. The van der Waals surface area contributed by atoms with E-state index in [4.69, 9.17) is 0 Å². The van der Waals surface area contributed by atoms with Gasteiger partial charge >= 0.3 is 0 Å². The second kappa shape index (κ2) is 3.77. The van der Waals surface area contributed by atoms with Gasteiger partial charge in [0.15, 0.2) is 0 Å². The van der Waals surface area contributed by atoms with Crippen molar-refractivity contribution in [1.82, 2.24) is 9.59 Å². The van der Waals surface area contributed by atoms with Crippen molar-refractivity contribution in [3.05, 3.63) is 10.6 Å². The molecular formula is C12H20N2OS. The van der Waals surface area contributed by atoms with Gasteiger partial charge in [-0.1, -0.05) is 38.6 Å². The molecule has 2 atom stereocenters. The van der Waals surface area contributed by atoms with Gasteiger partial charge in [0.05, 0.1) is 10.6 Å². The summed E-state index contributed by atoms with van der Waals surface area (Å²) in [6.07, 6.45) is 3.11. The van der Waals surface area contributed by atoms with Crippen LogP contribution in [0.4, 0.5) is 0 Å². The van der Waals surface area contributed by atoms with Crippen LogP contribution in [0, 0.1) is 5.92 Å². The Hall–Kier alpha value is -0.480. The molecule has 0 bridgehead atoms. The van der Waals surface area contributed by atoms with Crippen molar-refractivity contribution in [3.63, 3.8) is 0 Å². The Balaban J connectivity index is 2.26. The fourth-order valence-corrected chi connectivity index (χ4v) is 3.30. The molecule has 1 aromatic rings. The van der Waals surface area contributed by atoms with Crippen molar-refractivity contribution < 1.29 is 5.11 Å². The molecule has 0 radical (unpaired) electrons. The molecule has 2 unspecified atom stereocenters. The molecule has 2 rings (SSSR count). The lowest BCUT2D eigenvalue weighted by molar-refractivity contribution is 0.130. The van der Waals surface area contributed by atoms with Crippen LogP contribution in [0.15, 0.2) is 0 Å². The first-order valence-electron chi connectivity index (χ1n) is 5.95. The quantitative estimate of drug-likeness (QED) is 0.883. The Labute approximate surface area is 101 Å². The molecule has 1 N–H and O–H groups in total. The summed E-state index contributed by atoms with van der Waals surface area (Å²) in [5.74, 6) is 0.417. The Kier molecular flexibility index (Phi) is 2.83. The lowest BCUT2D eigenvalue weighted by Gasteiger charge is -2.19. The largest absolute Gasteiger partial charge is 0.384 e. The van der Waals surface area contributed by atoms with Gasteiger partial charge < -0.3 is 5.11 Å². The summed E-state index contributed by atoms with van der Waals surface area (Å²) in [7, 11) is 0. The number of hydrogen-bond donors (Lipinski definition) is 1. The minimum absolute atomic E-state index is 0.0303. The fourth-order valence-electron chi connectivity index (χ4n) is 2.25. The van der Waals surface area contributed by atoms with Crippen LogP contribution in [0.3, 0.4) is 0 Å². The summed E-state index contributed by atoms with van der Waals surface area (Å²) >= 11 is 1.36. The van der Waals surface area contributed by atoms with Gasteiger partial charge in [0.1, 0.15) is 5.60 Å². The highest BCUT2D eigenvalue weighted by molar-refractivity contribution is 7.05. The average molecular weight is 240 g/mol. The predicted octanol–water partition coefficient (Wildman–Crippen LogP) is 2.84. The highest BCUT2D eigenvalue weighted by atomic mass is 32.1. The van der Waals surface area contributed by atoms with E-state index in [2.05, 4.69) is 37.3 Å².